The second kappa shape index (κ2) is 10.9. The summed E-state index contributed by atoms with van der Waals surface area (Å²) < 4.78 is 79.3. The van der Waals surface area contributed by atoms with Crippen molar-refractivity contribution in [2.24, 2.45) is 0 Å². The van der Waals surface area contributed by atoms with Crippen LogP contribution in [0.1, 0.15) is 11.1 Å². The summed E-state index contributed by atoms with van der Waals surface area (Å²) in [6.45, 7) is 0.992. The molecule has 0 spiro atoms. The van der Waals surface area contributed by atoms with Crippen LogP contribution in [-0.4, -0.2) is 35.1 Å². The zero-order chi connectivity index (χ0) is 26.7. The predicted molar refractivity (Wildman–Crippen MR) is 138 cm³/mol. The topological polar surface area (TPSA) is 84.9 Å². The van der Waals surface area contributed by atoms with Crippen LogP contribution < -0.4 is 19.1 Å². The van der Waals surface area contributed by atoms with Gasteiger partial charge in [0.15, 0.2) is 11.5 Å². The number of alkyl halides is 3. The summed E-state index contributed by atoms with van der Waals surface area (Å²) in [6.07, 6.45) is -4.71. The van der Waals surface area contributed by atoms with E-state index in [2.05, 4.69) is 27.9 Å². The van der Waals surface area contributed by atoms with Crippen molar-refractivity contribution in [2.45, 2.75) is 18.0 Å². The van der Waals surface area contributed by atoms with Gasteiger partial charge in [-0.05, 0) is 83.6 Å². The lowest BCUT2D eigenvalue weighted by Crippen LogP contribution is -2.38. The van der Waals surface area contributed by atoms with Gasteiger partial charge in [-0.15, -0.1) is 0 Å². The first-order chi connectivity index (χ1) is 16.9. The number of nitrogens with zero attached hydrogens (tertiary/aromatic N) is 1. The van der Waals surface area contributed by atoms with E-state index in [0.717, 1.165) is 21.3 Å². The number of carbonyl (C=O) groups is 1. The normalized spacial score (nSPS) is 11.6. The Hall–Kier alpha value is -3.00. The number of hydrogen-bond donors (Lipinski definition) is 1. The quantitative estimate of drug-likeness (QED) is 0.333. The minimum absolute atomic E-state index is 0.0986. The van der Waals surface area contributed by atoms with Crippen molar-refractivity contribution in [2.75, 3.05) is 30.4 Å². The van der Waals surface area contributed by atoms with Crippen molar-refractivity contribution >= 4 is 49.9 Å². The Morgan fingerprint density at radius 1 is 1.00 bits per heavy atom. The highest BCUT2D eigenvalue weighted by atomic mass is 127. The van der Waals surface area contributed by atoms with E-state index in [-0.39, 0.29) is 22.1 Å². The van der Waals surface area contributed by atoms with Crippen LogP contribution in [0.4, 0.5) is 24.5 Å². The number of aryl methyl sites for hydroxylation is 1. The number of sulfonamides is 1. The average molecular weight is 634 g/mol. The number of carbonyl (C=O) groups excluding carboxylic acids is 1. The number of amides is 1. The predicted octanol–water partition coefficient (Wildman–Crippen LogP) is 5.47. The lowest BCUT2D eigenvalue weighted by atomic mass is 10.2. The maximum atomic E-state index is 13.6. The van der Waals surface area contributed by atoms with Crippen molar-refractivity contribution in [3.8, 4) is 11.5 Å². The molecular weight excluding hydrogens is 612 g/mol. The largest absolute Gasteiger partial charge is 0.493 e. The van der Waals surface area contributed by atoms with E-state index < -0.39 is 34.2 Å². The second-order valence-electron chi connectivity index (χ2n) is 7.58. The van der Waals surface area contributed by atoms with Crippen molar-refractivity contribution in [3.63, 3.8) is 0 Å². The van der Waals surface area contributed by atoms with Gasteiger partial charge >= 0.3 is 6.18 Å². The van der Waals surface area contributed by atoms with Gasteiger partial charge in [0.1, 0.15) is 6.54 Å². The van der Waals surface area contributed by atoms with Crippen molar-refractivity contribution in [1.29, 1.82) is 0 Å². The number of rotatable bonds is 8. The molecule has 7 nitrogen and oxygen atoms in total. The minimum Gasteiger partial charge on any atom is -0.493 e. The van der Waals surface area contributed by atoms with Gasteiger partial charge in [-0.3, -0.25) is 9.10 Å². The third kappa shape index (κ3) is 6.22. The fraction of sp³-hybridized carbons (Fsp3) is 0.208. The van der Waals surface area contributed by atoms with Crippen LogP contribution >= 0.6 is 22.6 Å². The van der Waals surface area contributed by atoms with Gasteiger partial charge in [0.25, 0.3) is 10.0 Å². The molecule has 0 fully saturated rings. The van der Waals surface area contributed by atoms with E-state index >= 15 is 0 Å². The summed E-state index contributed by atoms with van der Waals surface area (Å²) in [7, 11) is -1.82. The van der Waals surface area contributed by atoms with Gasteiger partial charge in [-0.1, -0.05) is 6.07 Å². The molecule has 3 rings (SSSR count). The van der Waals surface area contributed by atoms with Gasteiger partial charge in [0, 0.05) is 15.3 Å². The standard InChI is InChI=1S/C24H22F3IN2O5S/c1-15-11-17(28)7-9-20(15)29-23(31)14-30(18-6-4-5-16(12-18)24(25,26)27)36(32,33)19-8-10-21(34-2)22(13-19)35-3/h4-13H,14H2,1-3H3,(H,29,31). The molecule has 0 aromatic heterocycles. The molecule has 0 atom stereocenters. The molecule has 0 saturated heterocycles. The summed E-state index contributed by atoms with van der Waals surface area (Å²) in [5.74, 6) is -0.378. The number of ether oxygens (including phenoxy) is 2. The summed E-state index contributed by atoms with van der Waals surface area (Å²) in [4.78, 5) is 12.6. The van der Waals surface area contributed by atoms with Gasteiger partial charge in [-0.2, -0.15) is 13.2 Å². The Bertz CT molecular complexity index is 1380. The maximum absolute atomic E-state index is 13.6. The highest BCUT2D eigenvalue weighted by molar-refractivity contribution is 14.1. The van der Waals surface area contributed by atoms with Crippen LogP contribution in [0, 0.1) is 10.5 Å². The Morgan fingerprint density at radius 3 is 2.31 bits per heavy atom. The third-order valence-corrected chi connectivity index (χ3v) is 7.60. The molecule has 0 heterocycles. The van der Waals surface area contributed by atoms with E-state index in [1.807, 2.05) is 6.07 Å². The van der Waals surface area contributed by atoms with E-state index in [9.17, 15) is 26.4 Å². The number of nitrogens with one attached hydrogen (secondary N) is 1. The SMILES string of the molecule is COc1ccc(S(=O)(=O)N(CC(=O)Nc2ccc(I)cc2C)c2cccc(C(F)(F)F)c2)cc1OC. The number of anilines is 2. The zero-order valence-electron chi connectivity index (χ0n) is 19.4. The highest BCUT2D eigenvalue weighted by Gasteiger charge is 2.33. The second-order valence-corrected chi connectivity index (χ2v) is 10.7. The van der Waals surface area contributed by atoms with E-state index in [0.29, 0.717) is 16.1 Å². The molecule has 0 aliphatic heterocycles. The van der Waals surface area contributed by atoms with Crippen molar-refractivity contribution < 1.29 is 35.9 Å². The third-order valence-electron chi connectivity index (χ3n) is 5.15. The first-order valence-electron chi connectivity index (χ1n) is 10.3. The van der Waals surface area contributed by atoms with Crippen LogP contribution in [0.5, 0.6) is 11.5 Å². The maximum Gasteiger partial charge on any atom is 0.416 e. The van der Waals surface area contributed by atoms with Crippen molar-refractivity contribution in [1.82, 2.24) is 0 Å². The smallest absolute Gasteiger partial charge is 0.416 e. The van der Waals surface area contributed by atoms with Gasteiger partial charge < -0.3 is 14.8 Å². The van der Waals surface area contributed by atoms with Crippen LogP contribution in [0.15, 0.2) is 65.6 Å². The van der Waals surface area contributed by atoms with E-state index in [1.165, 1.54) is 38.5 Å². The Labute approximate surface area is 220 Å². The highest BCUT2D eigenvalue weighted by Crippen LogP contribution is 2.35. The molecule has 3 aromatic carbocycles. The first kappa shape index (κ1) is 27.6. The molecule has 192 valence electrons. The Morgan fingerprint density at radius 2 is 1.69 bits per heavy atom. The fourth-order valence-corrected chi connectivity index (χ4v) is 5.42. The molecule has 0 saturated carbocycles. The molecule has 12 heteroatoms. The lowest BCUT2D eigenvalue weighted by molar-refractivity contribution is -0.137. The molecule has 1 N–H and O–H groups in total. The summed E-state index contributed by atoms with van der Waals surface area (Å²) in [6, 6.07) is 12.8. The summed E-state index contributed by atoms with van der Waals surface area (Å²) in [5.41, 5.74) is -0.188. The van der Waals surface area contributed by atoms with Gasteiger partial charge in [0.05, 0.1) is 30.4 Å². The fourth-order valence-electron chi connectivity index (χ4n) is 3.34. The molecule has 3 aromatic rings. The molecule has 0 bridgehead atoms. The molecular formula is C24H22F3IN2O5S. The molecule has 1 amide bonds. The van der Waals surface area contributed by atoms with Crippen LogP contribution in [0.25, 0.3) is 0 Å². The molecule has 0 aliphatic carbocycles. The molecule has 0 aliphatic rings. The number of halogens is 4. The summed E-state index contributed by atoms with van der Waals surface area (Å²) in [5, 5.41) is 2.63. The van der Waals surface area contributed by atoms with Gasteiger partial charge in [-0.25, -0.2) is 8.42 Å². The minimum atomic E-state index is -4.71. The first-order valence-corrected chi connectivity index (χ1v) is 12.9. The monoisotopic (exact) mass is 634 g/mol. The van der Waals surface area contributed by atoms with E-state index in [4.69, 9.17) is 9.47 Å². The lowest BCUT2D eigenvalue weighted by Gasteiger charge is -2.25. The average Bonchev–Trinajstić information content (AvgIpc) is 2.83. The van der Waals surface area contributed by atoms with Gasteiger partial charge in [0.2, 0.25) is 5.91 Å². The number of benzene rings is 3. The Kier molecular flexibility index (Phi) is 8.39. The van der Waals surface area contributed by atoms with E-state index in [1.54, 1.807) is 19.1 Å². The van der Waals surface area contributed by atoms with Crippen LogP contribution in [0.2, 0.25) is 0 Å². The number of methoxy groups -OCH3 is 2. The zero-order valence-corrected chi connectivity index (χ0v) is 22.4. The summed E-state index contributed by atoms with van der Waals surface area (Å²) >= 11 is 2.11. The Balaban J connectivity index is 2.07. The molecule has 36 heavy (non-hydrogen) atoms. The van der Waals surface area contributed by atoms with Crippen LogP contribution in [-0.2, 0) is 21.0 Å². The van der Waals surface area contributed by atoms with Crippen LogP contribution in [0.3, 0.4) is 0 Å². The molecule has 0 unspecified atom stereocenters. The molecule has 0 radical (unpaired) electrons. The van der Waals surface area contributed by atoms with Crippen molar-refractivity contribution in [3.05, 3.63) is 75.4 Å². The number of hydrogen-bond acceptors (Lipinski definition) is 5.